The molecule has 19 heavy (non-hydrogen) atoms. The summed E-state index contributed by atoms with van der Waals surface area (Å²) in [5, 5.41) is 8.77. The molecule has 0 fully saturated rings. The van der Waals surface area contributed by atoms with Gasteiger partial charge in [-0.15, -0.1) is 11.8 Å². The highest BCUT2D eigenvalue weighted by molar-refractivity contribution is 7.99. The molecule has 0 saturated heterocycles. The molecule has 98 valence electrons. The van der Waals surface area contributed by atoms with Crippen molar-refractivity contribution >= 4 is 17.7 Å². The summed E-state index contributed by atoms with van der Waals surface area (Å²) in [5.74, 6) is 0.363. The number of thioether (sulfide) groups is 1. The van der Waals surface area contributed by atoms with Crippen LogP contribution in [0.1, 0.15) is 11.4 Å². The van der Waals surface area contributed by atoms with Gasteiger partial charge in [0.05, 0.1) is 5.75 Å². The Hall–Kier alpha value is -1.88. The van der Waals surface area contributed by atoms with Crippen LogP contribution < -0.4 is 0 Å². The Morgan fingerprint density at radius 1 is 1.16 bits per heavy atom. The second-order valence-corrected chi connectivity index (χ2v) is 5.18. The van der Waals surface area contributed by atoms with Crippen LogP contribution in [0, 0.1) is 0 Å². The highest BCUT2D eigenvalue weighted by atomic mass is 32.2. The van der Waals surface area contributed by atoms with Crippen molar-refractivity contribution < 1.29 is 9.90 Å². The first-order chi connectivity index (χ1) is 9.25. The molecule has 2 aromatic rings. The van der Waals surface area contributed by atoms with Crippen molar-refractivity contribution in [1.29, 1.82) is 0 Å². The molecule has 0 amide bonds. The van der Waals surface area contributed by atoms with Crippen molar-refractivity contribution in [3.8, 4) is 0 Å². The van der Waals surface area contributed by atoms with Gasteiger partial charge in [0, 0.05) is 12.4 Å². The molecule has 1 aromatic carbocycles. The molecule has 0 radical (unpaired) electrons. The smallest absolute Gasteiger partial charge is 0.316 e. The average molecular weight is 274 g/mol. The minimum absolute atomic E-state index is 0.480. The third-order valence-corrected chi connectivity index (χ3v) is 3.77. The molecule has 0 aliphatic carbocycles. The fourth-order valence-corrected chi connectivity index (χ4v) is 2.58. The molecule has 5 heteroatoms. The summed E-state index contributed by atoms with van der Waals surface area (Å²) in [6.45, 7) is 0. The molecule has 1 unspecified atom stereocenters. The molecule has 2 rings (SSSR count). The Balaban J connectivity index is 1.95. The molecule has 0 saturated carbocycles. The zero-order valence-electron chi connectivity index (χ0n) is 10.3. The maximum Gasteiger partial charge on any atom is 0.316 e. The van der Waals surface area contributed by atoms with Crippen LogP contribution in [-0.2, 0) is 17.0 Å². The molecule has 0 bridgehead atoms. The van der Waals surface area contributed by atoms with E-state index in [0.717, 1.165) is 5.56 Å². The van der Waals surface area contributed by atoms with E-state index in [2.05, 4.69) is 9.97 Å². The van der Waals surface area contributed by atoms with Crippen LogP contribution in [0.25, 0.3) is 0 Å². The van der Waals surface area contributed by atoms with E-state index in [1.165, 1.54) is 11.8 Å². The van der Waals surface area contributed by atoms with Crippen LogP contribution in [0.5, 0.6) is 0 Å². The SMILES string of the molecule is O=C(O)C(Cc1ccccc1)SCc1ncccn1. The zero-order valence-corrected chi connectivity index (χ0v) is 11.1. The van der Waals surface area contributed by atoms with Crippen molar-refractivity contribution in [3.63, 3.8) is 0 Å². The number of hydrogen-bond donors (Lipinski definition) is 1. The number of hydrogen-bond acceptors (Lipinski definition) is 4. The van der Waals surface area contributed by atoms with Gasteiger partial charge in [0.1, 0.15) is 11.1 Å². The van der Waals surface area contributed by atoms with E-state index in [4.69, 9.17) is 0 Å². The Morgan fingerprint density at radius 3 is 2.47 bits per heavy atom. The summed E-state index contributed by atoms with van der Waals surface area (Å²) in [7, 11) is 0. The lowest BCUT2D eigenvalue weighted by Crippen LogP contribution is -2.19. The predicted octanol–water partition coefficient (Wildman–Crippen LogP) is 2.41. The lowest BCUT2D eigenvalue weighted by atomic mass is 10.1. The number of carboxylic acid groups (broad SMARTS) is 1. The van der Waals surface area contributed by atoms with Crippen LogP contribution in [0.4, 0.5) is 0 Å². The molecular weight excluding hydrogens is 260 g/mol. The highest BCUT2D eigenvalue weighted by Crippen LogP contribution is 2.20. The summed E-state index contributed by atoms with van der Waals surface area (Å²) in [5.41, 5.74) is 1.02. The van der Waals surface area contributed by atoms with E-state index in [1.807, 2.05) is 30.3 Å². The summed E-state index contributed by atoms with van der Waals surface area (Å²) >= 11 is 1.35. The molecule has 0 aliphatic rings. The van der Waals surface area contributed by atoms with Crippen LogP contribution >= 0.6 is 11.8 Å². The zero-order chi connectivity index (χ0) is 13.5. The number of benzene rings is 1. The van der Waals surface area contributed by atoms with Gasteiger partial charge < -0.3 is 5.11 Å². The van der Waals surface area contributed by atoms with E-state index in [0.29, 0.717) is 18.0 Å². The Kier molecular flexibility index (Phi) is 4.92. The van der Waals surface area contributed by atoms with Gasteiger partial charge in [-0.1, -0.05) is 30.3 Å². The van der Waals surface area contributed by atoms with Gasteiger partial charge in [-0.3, -0.25) is 4.79 Å². The first-order valence-corrected chi connectivity index (χ1v) is 6.95. The van der Waals surface area contributed by atoms with Gasteiger partial charge in [-0.25, -0.2) is 9.97 Å². The van der Waals surface area contributed by atoms with Gasteiger partial charge in [0.25, 0.3) is 0 Å². The maximum absolute atomic E-state index is 11.3. The Morgan fingerprint density at radius 2 is 1.84 bits per heavy atom. The van der Waals surface area contributed by atoms with Crippen LogP contribution in [0.3, 0.4) is 0 Å². The third-order valence-electron chi connectivity index (χ3n) is 2.57. The third kappa shape index (κ3) is 4.37. The molecule has 0 aliphatic heterocycles. The van der Waals surface area contributed by atoms with E-state index in [9.17, 15) is 9.90 Å². The normalized spacial score (nSPS) is 12.0. The minimum Gasteiger partial charge on any atom is -0.480 e. The molecule has 1 heterocycles. The van der Waals surface area contributed by atoms with Gasteiger partial charge in [-0.2, -0.15) is 0 Å². The highest BCUT2D eigenvalue weighted by Gasteiger charge is 2.18. The van der Waals surface area contributed by atoms with Crippen molar-refractivity contribution in [2.24, 2.45) is 0 Å². The molecule has 1 atom stereocenters. The number of carboxylic acids is 1. The van der Waals surface area contributed by atoms with Crippen LogP contribution in [0.2, 0.25) is 0 Å². The van der Waals surface area contributed by atoms with Gasteiger partial charge in [-0.05, 0) is 18.1 Å². The topological polar surface area (TPSA) is 63.1 Å². The summed E-state index contributed by atoms with van der Waals surface area (Å²) in [4.78, 5) is 19.4. The monoisotopic (exact) mass is 274 g/mol. The number of carbonyl (C=O) groups is 1. The summed E-state index contributed by atoms with van der Waals surface area (Å²) in [6.07, 6.45) is 3.83. The summed E-state index contributed by atoms with van der Waals surface area (Å²) in [6, 6.07) is 11.4. The van der Waals surface area contributed by atoms with E-state index in [1.54, 1.807) is 18.5 Å². The van der Waals surface area contributed by atoms with Gasteiger partial charge in [0.2, 0.25) is 0 Å². The van der Waals surface area contributed by atoms with E-state index < -0.39 is 11.2 Å². The van der Waals surface area contributed by atoms with Crippen LogP contribution in [0.15, 0.2) is 48.8 Å². The van der Waals surface area contributed by atoms with Crippen molar-refractivity contribution in [2.75, 3.05) is 0 Å². The molecule has 0 spiro atoms. The fraction of sp³-hybridized carbons (Fsp3) is 0.214. The second-order valence-electron chi connectivity index (χ2n) is 3.99. The van der Waals surface area contributed by atoms with Crippen molar-refractivity contribution in [2.45, 2.75) is 17.4 Å². The van der Waals surface area contributed by atoms with Crippen molar-refractivity contribution in [3.05, 3.63) is 60.2 Å². The fourth-order valence-electron chi connectivity index (χ4n) is 1.63. The van der Waals surface area contributed by atoms with E-state index in [-0.39, 0.29) is 0 Å². The Bertz CT molecular complexity index is 519. The van der Waals surface area contributed by atoms with E-state index >= 15 is 0 Å². The number of rotatable bonds is 6. The largest absolute Gasteiger partial charge is 0.480 e. The molecular formula is C14H14N2O2S. The quantitative estimate of drug-likeness (QED) is 0.876. The van der Waals surface area contributed by atoms with Crippen molar-refractivity contribution in [1.82, 2.24) is 9.97 Å². The minimum atomic E-state index is -0.801. The first-order valence-electron chi connectivity index (χ1n) is 5.90. The summed E-state index contributed by atoms with van der Waals surface area (Å²) < 4.78 is 0. The molecule has 1 aromatic heterocycles. The second kappa shape index (κ2) is 6.89. The standard InChI is InChI=1S/C14H14N2O2S/c17-14(18)12(9-11-5-2-1-3-6-11)19-10-13-15-7-4-8-16-13/h1-8,12H,9-10H2,(H,17,18). The van der Waals surface area contributed by atoms with Gasteiger partial charge in [0.15, 0.2) is 0 Å². The molecule has 1 N–H and O–H groups in total. The lowest BCUT2D eigenvalue weighted by Gasteiger charge is -2.11. The lowest BCUT2D eigenvalue weighted by molar-refractivity contribution is -0.136. The van der Waals surface area contributed by atoms with Crippen LogP contribution in [-0.4, -0.2) is 26.3 Å². The predicted molar refractivity (Wildman–Crippen MR) is 74.9 cm³/mol. The first kappa shape index (κ1) is 13.5. The number of nitrogens with zero attached hydrogens (tertiary/aromatic N) is 2. The number of aromatic nitrogens is 2. The maximum atomic E-state index is 11.3. The molecule has 4 nitrogen and oxygen atoms in total. The number of aliphatic carboxylic acids is 1. The Labute approximate surface area is 115 Å². The average Bonchev–Trinajstić information content (AvgIpc) is 2.45. The van der Waals surface area contributed by atoms with Gasteiger partial charge >= 0.3 is 5.97 Å².